The van der Waals surface area contributed by atoms with E-state index in [1.54, 1.807) is 6.07 Å². The summed E-state index contributed by atoms with van der Waals surface area (Å²) in [4.78, 5) is 0. The molecule has 0 amide bonds. The van der Waals surface area contributed by atoms with Gasteiger partial charge in [0.05, 0.1) is 5.69 Å². The number of hydrogen-bond acceptors (Lipinski definition) is 1. The van der Waals surface area contributed by atoms with Gasteiger partial charge in [-0.1, -0.05) is 12.1 Å². The lowest BCUT2D eigenvalue weighted by atomic mass is 10.1. The highest BCUT2D eigenvalue weighted by atomic mass is 79.9. The third-order valence-electron chi connectivity index (χ3n) is 3.19. The molecule has 0 fully saturated rings. The lowest BCUT2D eigenvalue weighted by Crippen LogP contribution is -2.04. The molecule has 1 nitrogen and oxygen atoms in total. The summed E-state index contributed by atoms with van der Waals surface area (Å²) in [6.07, 6.45) is 0. The lowest BCUT2D eigenvalue weighted by Gasteiger charge is -2.14. The highest BCUT2D eigenvalue weighted by Gasteiger charge is 2.06. The van der Waals surface area contributed by atoms with Gasteiger partial charge in [0.2, 0.25) is 0 Å². The molecule has 0 aliphatic rings. The van der Waals surface area contributed by atoms with Crippen molar-refractivity contribution in [1.82, 2.24) is 0 Å². The predicted molar refractivity (Wildman–Crippen MR) is 82.1 cm³/mol. The van der Waals surface area contributed by atoms with Gasteiger partial charge in [-0.3, -0.25) is 0 Å². The molecule has 0 saturated heterocycles. The number of rotatable bonds is 3. The van der Waals surface area contributed by atoms with Crippen LogP contribution in [0.1, 0.15) is 22.3 Å². The van der Waals surface area contributed by atoms with Gasteiger partial charge in [-0.05, 0) is 77.2 Å². The van der Waals surface area contributed by atoms with Crippen LogP contribution in [0.5, 0.6) is 0 Å². The minimum Gasteiger partial charge on any atom is -0.380 e. The van der Waals surface area contributed by atoms with Gasteiger partial charge in [0.25, 0.3) is 0 Å². The fraction of sp³-hybridized carbons (Fsp3) is 0.250. The molecule has 100 valence electrons. The molecule has 0 atom stereocenters. The highest BCUT2D eigenvalue weighted by molar-refractivity contribution is 9.10. The van der Waals surface area contributed by atoms with E-state index < -0.39 is 0 Å². The Bertz CT molecular complexity index is 585. The molecule has 2 rings (SSSR count). The van der Waals surface area contributed by atoms with E-state index in [2.05, 4.69) is 47.2 Å². The Morgan fingerprint density at radius 2 is 1.79 bits per heavy atom. The van der Waals surface area contributed by atoms with Crippen LogP contribution >= 0.6 is 15.9 Å². The molecule has 2 aromatic rings. The highest BCUT2D eigenvalue weighted by Crippen LogP contribution is 2.28. The summed E-state index contributed by atoms with van der Waals surface area (Å²) in [6.45, 7) is 6.77. The zero-order chi connectivity index (χ0) is 14.0. The van der Waals surface area contributed by atoms with E-state index in [1.165, 1.54) is 17.2 Å². The van der Waals surface area contributed by atoms with E-state index in [0.29, 0.717) is 6.54 Å². The first-order valence-electron chi connectivity index (χ1n) is 6.23. The number of aryl methyl sites for hydroxylation is 3. The van der Waals surface area contributed by atoms with Crippen LogP contribution in [-0.4, -0.2) is 0 Å². The first-order valence-corrected chi connectivity index (χ1v) is 7.02. The fourth-order valence-electron chi connectivity index (χ4n) is 2.18. The van der Waals surface area contributed by atoms with Crippen LogP contribution < -0.4 is 5.32 Å². The molecule has 0 aliphatic carbocycles. The molecule has 1 N–H and O–H groups in total. The normalized spacial score (nSPS) is 10.6. The molecule has 0 spiro atoms. The van der Waals surface area contributed by atoms with Crippen molar-refractivity contribution in [3.8, 4) is 0 Å². The van der Waals surface area contributed by atoms with Crippen LogP contribution in [0.25, 0.3) is 0 Å². The number of halogens is 2. The van der Waals surface area contributed by atoms with Gasteiger partial charge in [-0.2, -0.15) is 0 Å². The standard InChI is InChI=1S/C16H17BrFN/c1-10-6-12(3)16(15(17)7-10)19-9-13-4-5-14(18)8-11(13)2/h4-8,19H,9H2,1-3H3. The average Bonchev–Trinajstić information content (AvgIpc) is 2.30. The first kappa shape index (κ1) is 14.1. The van der Waals surface area contributed by atoms with E-state index in [9.17, 15) is 4.39 Å². The number of hydrogen-bond donors (Lipinski definition) is 1. The van der Waals surface area contributed by atoms with Crippen molar-refractivity contribution in [3.05, 3.63) is 62.9 Å². The SMILES string of the molecule is Cc1cc(C)c(NCc2ccc(F)cc2C)c(Br)c1. The van der Waals surface area contributed by atoms with Gasteiger partial charge in [0.1, 0.15) is 5.82 Å². The second-order valence-electron chi connectivity index (χ2n) is 4.86. The van der Waals surface area contributed by atoms with Crippen molar-refractivity contribution < 1.29 is 4.39 Å². The summed E-state index contributed by atoms with van der Waals surface area (Å²) in [7, 11) is 0. The van der Waals surface area contributed by atoms with Crippen molar-refractivity contribution >= 4 is 21.6 Å². The van der Waals surface area contributed by atoms with Gasteiger partial charge in [-0.15, -0.1) is 0 Å². The van der Waals surface area contributed by atoms with Gasteiger partial charge >= 0.3 is 0 Å². The van der Waals surface area contributed by atoms with Crippen LogP contribution in [0.4, 0.5) is 10.1 Å². The first-order chi connectivity index (χ1) is 8.97. The molecule has 0 aliphatic heterocycles. The zero-order valence-electron chi connectivity index (χ0n) is 11.3. The molecule has 0 saturated carbocycles. The Balaban J connectivity index is 2.19. The van der Waals surface area contributed by atoms with Crippen molar-refractivity contribution in [1.29, 1.82) is 0 Å². The van der Waals surface area contributed by atoms with Gasteiger partial charge < -0.3 is 5.32 Å². The zero-order valence-corrected chi connectivity index (χ0v) is 12.9. The molecule has 0 bridgehead atoms. The van der Waals surface area contributed by atoms with Crippen LogP contribution in [0, 0.1) is 26.6 Å². The maximum atomic E-state index is 13.1. The van der Waals surface area contributed by atoms with Gasteiger partial charge in [0.15, 0.2) is 0 Å². The second-order valence-corrected chi connectivity index (χ2v) is 5.72. The molecular weight excluding hydrogens is 305 g/mol. The quantitative estimate of drug-likeness (QED) is 0.826. The largest absolute Gasteiger partial charge is 0.380 e. The summed E-state index contributed by atoms with van der Waals surface area (Å²) >= 11 is 3.58. The minimum absolute atomic E-state index is 0.186. The average molecular weight is 322 g/mol. The topological polar surface area (TPSA) is 12.0 Å². The van der Waals surface area contributed by atoms with Crippen molar-refractivity contribution in [2.24, 2.45) is 0 Å². The molecule has 0 unspecified atom stereocenters. The van der Waals surface area contributed by atoms with E-state index in [-0.39, 0.29) is 5.82 Å². The molecule has 0 aromatic heterocycles. The maximum Gasteiger partial charge on any atom is 0.123 e. The molecular formula is C16H17BrFN. The van der Waals surface area contributed by atoms with E-state index in [1.807, 2.05) is 13.0 Å². The monoisotopic (exact) mass is 321 g/mol. The molecule has 0 radical (unpaired) electrons. The van der Waals surface area contributed by atoms with Crippen molar-refractivity contribution in [2.45, 2.75) is 27.3 Å². The summed E-state index contributed by atoms with van der Waals surface area (Å²) in [5.74, 6) is -0.186. The smallest absolute Gasteiger partial charge is 0.123 e. The van der Waals surface area contributed by atoms with Crippen molar-refractivity contribution in [2.75, 3.05) is 5.32 Å². The number of anilines is 1. The Morgan fingerprint density at radius 1 is 1.05 bits per heavy atom. The third-order valence-corrected chi connectivity index (χ3v) is 3.82. The predicted octanol–water partition coefficient (Wildman–Crippen LogP) is 5.13. The van der Waals surface area contributed by atoms with Crippen LogP contribution in [0.3, 0.4) is 0 Å². The maximum absolute atomic E-state index is 13.1. The summed E-state index contributed by atoms with van der Waals surface area (Å²) in [5, 5.41) is 3.42. The fourth-order valence-corrected chi connectivity index (χ4v) is 2.99. The Hall–Kier alpha value is -1.35. The van der Waals surface area contributed by atoms with Gasteiger partial charge in [-0.25, -0.2) is 4.39 Å². The van der Waals surface area contributed by atoms with Crippen LogP contribution in [0.2, 0.25) is 0 Å². The Morgan fingerprint density at radius 3 is 2.42 bits per heavy atom. The molecule has 2 aromatic carbocycles. The lowest BCUT2D eigenvalue weighted by molar-refractivity contribution is 0.625. The van der Waals surface area contributed by atoms with Crippen LogP contribution in [-0.2, 0) is 6.54 Å². The van der Waals surface area contributed by atoms with E-state index in [4.69, 9.17) is 0 Å². The summed E-state index contributed by atoms with van der Waals surface area (Å²) in [5.41, 5.74) is 5.59. The number of nitrogens with one attached hydrogen (secondary N) is 1. The van der Waals surface area contributed by atoms with E-state index in [0.717, 1.165) is 21.3 Å². The third kappa shape index (κ3) is 3.35. The summed E-state index contributed by atoms with van der Waals surface area (Å²) in [6, 6.07) is 9.13. The Labute approximate surface area is 122 Å². The summed E-state index contributed by atoms with van der Waals surface area (Å²) < 4.78 is 14.1. The number of benzene rings is 2. The molecule has 19 heavy (non-hydrogen) atoms. The minimum atomic E-state index is -0.186. The van der Waals surface area contributed by atoms with Crippen LogP contribution in [0.15, 0.2) is 34.8 Å². The van der Waals surface area contributed by atoms with Gasteiger partial charge in [0, 0.05) is 11.0 Å². The molecule has 3 heteroatoms. The Kier molecular flexibility index (Phi) is 4.25. The van der Waals surface area contributed by atoms with E-state index >= 15 is 0 Å². The molecule has 0 heterocycles. The van der Waals surface area contributed by atoms with Crippen molar-refractivity contribution in [3.63, 3.8) is 0 Å². The second kappa shape index (κ2) is 5.74.